The Morgan fingerprint density at radius 1 is 1.22 bits per heavy atom. The summed E-state index contributed by atoms with van der Waals surface area (Å²) < 4.78 is 5.33. The first-order chi connectivity index (χ1) is 13.0. The number of hydrogen-bond acceptors (Lipinski definition) is 5. The molecule has 0 saturated heterocycles. The molecule has 1 heterocycles. The molecule has 7 heteroatoms. The summed E-state index contributed by atoms with van der Waals surface area (Å²) in [5.74, 6) is -3.03. The molecule has 6 nitrogen and oxygen atoms in total. The van der Waals surface area contributed by atoms with Crippen LogP contribution in [0.25, 0.3) is 0 Å². The second-order valence-corrected chi connectivity index (χ2v) is 8.63. The Hall–Kier alpha value is -2.15. The van der Waals surface area contributed by atoms with Gasteiger partial charge < -0.3 is 15.2 Å². The molecule has 0 aliphatic heterocycles. The largest absolute Gasteiger partial charge is 0.481 e. The van der Waals surface area contributed by atoms with Crippen LogP contribution in [0, 0.1) is 23.7 Å². The van der Waals surface area contributed by atoms with E-state index in [9.17, 15) is 19.5 Å². The number of aryl methyl sites for hydroxylation is 1. The molecule has 1 saturated carbocycles. The number of nitrogens with one attached hydrogen (secondary N) is 1. The molecule has 1 aromatic rings. The Kier molecular flexibility index (Phi) is 4.80. The number of esters is 1. The highest BCUT2D eigenvalue weighted by molar-refractivity contribution is 7.17. The van der Waals surface area contributed by atoms with Crippen molar-refractivity contribution in [2.45, 2.75) is 39.0 Å². The van der Waals surface area contributed by atoms with Crippen molar-refractivity contribution in [1.82, 2.24) is 0 Å². The number of thiophene rings is 1. The fourth-order valence-corrected chi connectivity index (χ4v) is 5.97. The van der Waals surface area contributed by atoms with Gasteiger partial charge in [-0.15, -0.1) is 11.3 Å². The number of fused-ring (bicyclic) bond motifs is 3. The summed E-state index contributed by atoms with van der Waals surface area (Å²) in [5.41, 5.74) is 1.46. The van der Waals surface area contributed by atoms with E-state index >= 15 is 0 Å². The summed E-state index contributed by atoms with van der Waals surface area (Å²) in [5, 5.41) is 13.0. The lowest BCUT2D eigenvalue weighted by Gasteiger charge is -2.23. The van der Waals surface area contributed by atoms with Crippen molar-refractivity contribution in [1.29, 1.82) is 0 Å². The molecule has 1 aromatic heterocycles. The predicted octanol–water partition coefficient (Wildman–Crippen LogP) is 3.27. The second kappa shape index (κ2) is 7.11. The molecule has 4 rings (SSSR count). The average Bonchev–Trinajstić information content (AvgIpc) is 3.38. The van der Waals surface area contributed by atoms with Gasteiger partial charge in [-0.25, -0.2) is 4.79 Å². The Balaban J connectivity index is 1.59. The number of hydrogen-bond donors (Lipinski definition) is 2. The normalized spacial score (nSPS) is 27.6. The summed E-state index contributed by atoms with van der Waals surface area (Å²) >= 11 is 1.43. The number of carbonyl (C=O) groups excluding carboxylic acids is 2. The maximum atomic E-state index is 13.0. The molecule has 3 aliphatic carbocycles. The van der Waals surface area contributed by atoms with E-state index in [0.717, 1.165) is 36.1 Å². The number of carbonyl (C=O) groups is 3. The van der Waals surface area contributed by atoms with Gasteiger partial charge in [0.05, 0.1) is 24.0 Å². The molecule has 2 bridgehead atoms. The first-order valence-corrected chi connectivity index (χ1v) is 10.4. The third kappa shape index (κ3) is 3.08. The summed E-state index contributed by atoms with van der Waals surface area (Å²) in [6, 6.07) is 0. The van der Waals surface area contributed by atoms with Crippen molar-refractivity contribution >= 4 is 34.2 Å². The second-order valence-electron chi connectivity index (χ2n) is 7.52. The van der Waals surface area contributed by atoms with Crippen molar-refractivity contribution < 1.29 is 24.2 Å². The van der Waals surface area contributed by atoms with Crippen molar-refractivity contribution in [3.8, 4) is 0 Å². The van der Waals surface area contributed by atoms with Crippen molar-refractivity contribution in [2.75, 3.05) is 11.9 Å². The van der Waals surface area contributed by atoms with Gasteiger partial charge in [0.15, 0.2) is 0 Å². The van der Waals surface area contributed by atoms with Gasteiger partial charge in [-0.2, -0.15) is 0 Å². The molecule has 0 aromatic carbocycles. The number of amides is 1. The minimum absolute atomic E-state index is 0.0431. The van der Waals surface area contributed by atoms with Crippen LogP contribution in [0.15, 0.2) is 12.2 Å². The average molecular weight is 389 g/mol. The zero-order valence-electron chi connectivity index (χ0n) is 15.2. The minimum Gasteiger partial charge on any atom is -0.481 e. The Morgan fingerprint density at radius 3 is 2.67 bits per heavy atom. The Bertz CT molecular complexity index is 827. The number of carboxylic acid groups (broad SMARTS) is 1. The first kappa shape index (κ1) is 18.2. The zero-order chi connectivity index (χ0) is 19.1. The molecule has 4 atom stereocenters. The molecule has 2 N–H and O–H groups in total. The van der Waals surface area contributed by atoms with E-state index in [1.54, 1.807) is 0 Å². The monoisotopic (exact) mass is 389 g/mol. The lowest BCUT2D eigenvalue weighted by Crippen LogP contribution is -2.36. The highest BCUT2D eigenvalue weighted by atomic mass is 32.1. The van der Waals surface area contributed by atoms with Crippen molar-refractivity contribution in [3.63, 3.8) is 0 Å². The van der Waals surface area contributed by atoms with Gasteiger partial charge in [0, 0.05) is 4.88 Å². The number of aliphatic carboxylic acids is 1. The van der Waals surface area contributed by atoms with Crippen LogP contribution in [0.5, 0.6) is 0 Å². The van der Waals surface area contributed by atoms with Crippen LogP contribution >= 0.6 is 11.3 Å². The SMILES string of the molecule is CCCOC(=O)c1c(NC(=O)[C@@H]2[C@@H](C(=O)O)[C@H]3C=C[C@H]2C3)sc2c1CCC2. The fourth-order valence-electron chi connectivity index (χ4n) is 4.69. The first-order valence-electron chi connectivity index (χ1n) is 9.55. The van der Waals surface area contributed by atoms with E-state index in [2.05, 4.69) is 5.32 Å². The quantitative estimate of drug-likeness (QED) is 0.575. The molecular weight excluding hydrogens is 366 g/mol. The van der Waals surface area contributed by atoms with Gasteiger partial charge in [0.2, 0.25) is 5.91 Å². The highest BCUT2D eigenvalue weighted by Crippen LogP contribution is 2.49. The number of allylic oxidation sites excluding steroid dienone is 2. The molecule has 3 aliphatic rings. The molecule has 27 heavy (non-hydrogen) atoms. The zero-order valence-corrected chi connectivity index (χ0v) is 16.0. The molecule has 1 fully saturated rings. The van der Waals surface area contributed by atoms with Crippen LogP contribution in [0.4, 0.5) is 5.00 Å². The third-order valence-electron chi connectivity index (χ3n) is 5.85. The minimum atomic E-state index is -0.928. The Morgan fingerprint density at radius 2 is 1.96 bits per heavy atom. The lowest BCUT2D eigenvalue weighted by molar-refractivity contribution is -0.146. The standard InChI is InChI=1S/C20H23NO5S/c1-2-8-26-20(25)16-12-4-3-5-13(12)27-18(16)21-17(22)14-10-6-7-11(9-10)15(14)19(23)24/h6-7,10-11,14-15H,2-5,8-9H2,1H3,(H,21,22)(H,23,24)/t10-,11-,14-,15-/m0/s1. The molecular formula is C20H23NO5S. The van der Waals surface area contributed by atoms with Crippen LogP contribution < -0.4 is 5.32 Å². The van der Waals surface area contributed by atoms with E-state index in [1.807, 2.05) is 19.1 Å². The summed E-state index contributed by atoms with van der Waals surface area (Å²) in [4.78, 5) is 38.4. The van der Waals surface area contributed by atoms with Crippen LogP contribution in [0.2, 0.25) is 0 Å². The molecule has 0 spiro atoms. The third-order valence-corrected chi connectivity index (χ3v) is 7.05. The summed E-state index contributed by atoms with van der Waals surface area (Å²) in [7, 11) is 0. The van der Waals surface area contributed by atoms with E-state index in [-0.39, 0.29) is 17.7 Å². The highest BCUT2D eigenvalue weighted by Gasteiger charge is 2.51. The number of anilines is 1. The van der Waals surface area contributed by atoms with Gasteiger partial charge >= 0.3 is 11.9 Å². The van der Waals surface area contributed by atoms with Gasteiger partial charge in [-0.1, -0.05) is 19.1 Å². The molecule has 0 unspecified atom stereocenters. The van der Waals surface area contributed by atoms with Crippen LogP contribution in [0.3, 0.4) is 0 Å². The molecule has 1 amide bonds. The number of carboxylic acids is 1. The van der Waals surface area contributed by atoms with E-state index in [1.165, 1.54) is 11.3 Å². The van der Waals surface area contributed by atoms with Crippen molar-refractivity contribution in [2.24, 2.45) is 23.7 Å². The number of ether oxygens (including phenoxy) is 1. The lowest BCUT2D eigenvalue weighted by atomic mass is 9.82. The van der Waals surface area contributed by atoms with Gasteiger partial charge in [-0.05, 0) is 49.5 Å². The van der Waals surface area contributed by atoms with Crippen LogP contribution in [-0.2, 0) is 27.2 Å². The summed E-state index contributed by atoms with van der Waals surface area (Å²) in [6.07, 6.45) is 8.03. The summed E-state index contributed by atoms with van der Waals surface area (Å²) in [6.45, 7) is 2.28. The maximum Gasteiger partial charge on any atom is 0.341 e. The van der Waals surface area contributed by atoms with Gasteiger partial charge in [0.1, 0.15) is 5.00 Å². The molecule has 144 valence electrons. The van der Waals surface area contributed by atoms with Crippen molar-refractivity contribution in [3.05, 3.63) is 28.2 Å². The molecule has 0 radical (unpaired) electrons. The van der Waals surface area contributed by atoms with E-state index in [0.29, 0.717) is 23.6 Å². The van der Waals surface area contributed by atoms with Gasteiger partial charge in [0.25, 0.3) is 0 Å². The fraction of sp³-hybridized carbons (Fsp3) is 0.550. The Labute approximate surface area is 161 Å². The van der Waals surface area contributed by atoms with Crippen LogP contribution in [0.1, 0.15) is 47.0 Å². The predicted molar refractivity (Wildman–Crippen MR) is 101 cm³/mol. The smallest absolute Gasteiger partial charge is 0.341 e. The van der Waals surface area contributed by atoms with Gasteiger partial charge in [-0.3, -0.25) is 9.59 Å². The topological polar surface area (TPSA) is 92.7 Å². The van der Waals surface area contributed by atoms with E-state index in [4.69, 9.17) is 4.74 Å². The number of rotatable bonds is 6. The maximum absolute atomic E-state index is 13.0. The van der Waals surface area contributed by atoms with Crippen LogP contribution in [-0.4, -0.2) is 29.6 Å². The van der Waals surface area contributed by atoms with E-state index < -0.39 is 23.8 Å².